The molecule has 0 amide bonds. The first-order valence-corrected chi connectivity index (χ1v) is 30.5. The molecule has 0 radical (unpaired) electrons. The minimum atomic E-state index is -0.00980. The summed E-state index contributed by atoms with van der Waals surface area (Å²) in [5, 5.41) is 0.0750. The van der Waals surface area contributed by atoms with Gasteiger partial charge in [-0.15, -0.1) is 11.8 Å². The Morgan fingerprint density at radius 2 is 0.901 bits per heavy atom. The maximum atomic E-state index is 2.77. The normalized spacial score (nSPS) is 17.7. The van der Waals surface area contributed by atoms with Crippen LogP contribution in [0.1, 0.15) is 142 Å². The van der Waals surface area contributed by atoms with Gasteiger partial charge in [0.15, 0.2) is 0 Å². The van der Waals surface area contributed by atoms with Crippen LogP contribution in [0.4, 0.5) is 45.5 Å². The van der Waals surface area contributed by atoms with Crippen LogP contribution in [-0.4, -0.2) is 12.1 Å². The molecule has 3 aliphatic heterocycles. The molecule has 9 aromatic rings. The molecule has 406 valence electrons. The summed E-state index contributed by atoms with van der Waals surface area (Å²) in [5.41, 5.74) is 25.7. The van der Waals surface area contributed by atoms with Crippen molar-refractivity contribution in [3.05, 3.63) is 234 Å². The number of thioether (sulfide) groups is 1. The molecule has 9 aromatic carbocycles. The summed E-state index contributed by atoms with van der Waals surface area (Å²) in [6.07, 6.45) is 2.31. The van der Waals surface area contributed by atoms with Gasteiger partial charge in [-0.05, 0) is 179 Å². The number of nitrogens with zero attached hydrogens (tertiary/aromatic N) is 3. The zero-order valence-electron chi connectivity index (χ0n) is 49.9. The fraction of sp³-hybridized carbons (Fsp3) is 0.289. The van der Waals surface area contributed by atoms with E-state index in [1.165, 1.54) is 99.9 Å². The lowest BCUT2D eigenvalue weighted by Crippen LogP contribution is -2.62. The Morgan fingerprint density at radius 3 is 1.41 bits per heavy atom. The average Bonchev–Trinajstić information content (AvgIpc) is 2.90. The van der Waals surface area contributed by atoms with E-state index in [-0.39, 0.29) is 45.0 Å². The summed E-state index contributed by atoms with van der Waals surface area (Å²) >= 11 is 2.07. The van der Waals surface area contributed by atoms with E-state index in [1.807, 2.05) is 0 Å². The van der Waals surface area contributed by atoms with Crippen LogP contribution in [-0.2, 0) is 27.1 Å². The Kier molecular flexibility index (Phi) is 12.6. The van der Waals surface area contributed by atoms with Gasteiger partial charge in [-0.3, -0.25) is 0 Å². The highest BCUT2D eigenvalue weighted by molar-refractivity contribution is 8.00. The summed E-state index contributed by atoms with van der Waals surface area (Å²) in [4.78, 5) is 9.36. The lowest BCUT2D eigenvalue weighted by Gasteiger charge is -2.50. The van der Waals surface area contributed by atoms with Gasteiger partial charge in [0.2, 0.25) is 6.71 Å². The van der Waals surface area contributed by atoms with Crippen molar-refractivity contribution in [2.45, 2.75) is 146 Å². The van der Waals surface area contributed by atoms with Gasteiger partial charge in [-0.1, -0.05) is 217 Å². The second kappa shape index (κ2) is 19.2. The Bertz CT molecular complexity index is 3760. The van der Waals surface area contributed by atoms with E-state index < -0.39 is 0 Å². The lowest BCUT2D eigenvalue weighted by molar-refractivity contribution is 0.332. The fourth-order valence-electron chi connectivity index (χ4n) is 13.7. The summed E-state index contributed by atoms with van der Waals surface area (Å²) in [5.74, 6) is 0.154. The Morgan fingerprint density at radius 1 is 0.444 bits per heavy atom. The molecule has 0 N–H and O–H groups in total. The number of fused-ring (bicyclic) bond motifs is 7. The zero-order valence-corrected chi connectivity index (χ0v) is 50.8. The molecule has 0 spiro atoms. The predicted octanol–water partition coefficient (Wildman–Crippen LogP) is 20.0. The Balaban J connectivity index is 1.14. The molecule has 0 saturated carbocycles. The number of hydrogen-bond donors (Lipinski definition) is 0. The molecule has 13 rings (SSSR count). The zero-order chi connectivity index (χ0) is 56.5. The van der Waals surface area contributed by atoms with Crippen molar-refractivity contribution in [1.82, 2.24) is 0 Å². The highest BCUT2D eigenvalue weighted by Gasteiger charge is 2.55. The summed E-state index contributed by atoms with van der Waals surface area (Å²) in [6, 6.07) is 77.2. The van der Waals surface area contributed by atoms with Crippen LogP contribution >= 0.6 is 11.8 Å². The van der Waals surface area contributed by atoms with Crippen LogP contribution in [0.25, 0.3) is 22.3 Å². The van der Waals surface area contributed by atoms with Crippen LogP contribution in [0.3, 0.4) is 0 Å². The third-order valence-corrected chi connectivity index (χ3v) is 20.0. The largest absolute Gasteiger partial charge is 0.329 e. The van der Waals surface area contributed by atoms with Crippen LogP contribution in [0.5, 0.6) is 0 Å². The van der Waals surface area contributed by atoms with E-state index in [0.717, 1.165) is 29.9 Å². The van der Waals surface area contributed by atoms with Crippen LogP contribution in [0.15, 0.2) is 205 Å². The molecule has 0 saturated heterocycles. The molecule has 0 fully saturated rings. The van der Waals surface area contributed by atoms with Gasteiger partial charge < -0.3 is 14.7 Å². The van der Waals surface area contributed by atoms with Crippen molar-refractivity contribution < 1.29 is 0 Å². The molecule has 3 nitrogen and oxygen atoms in total. The maximum absolute atomic E-state index is 2.77. The lowest BCUT2D eigenvalue weighted by atomic mass is 9.29. The maximum Gasteiger partial charge on any atom is 0.228 e. The van der Waals surface area contributed by atoms with E-state index in [4.69, 9.17) is 0 Å². The molecule has 4 aliphatic rings. The van der Waals surface area contributed by atoms with E-state index in [9.17, 15) is 0 Å². The molecule has 2 unspecified atom stereocenters. The highest BCUT2D eigenvalue weighted by Crippen LogP contribution is 2.59. The summed E-state index contributed by atoms with van der Waals surface area (Å²) in [6.45, 7) is 31.1. The van der Waals surface area contributed by atoms with Crippen molar-refractivity contribution in [3.8, 4) is 22.3 Å². The second-order valence-corrected chi connectivity index (χ2v) is 29.3. The van der Waals surface area contributed by atoms with Crippen molar-refractivity contribution in [2.24, 2.45) is 0 Å². The van der Waals surface area contributed by atoms with Gasteiger partial charge in [-0.25, -0.2) is 0 Å². The molecule has 3 heterocycles. The molecule has 1 aliphatic carbocycles. The number of rotatable bonds is 7. The first kappa shape index (κ1) is 53.1. The fourth-order valence-corrected chi connectivity index (χ4v) is 15.2. The minimum absolute atomic E-state index is 0.00129. The van der Waals surface area contributed by atoms with Crippen LogP contribution in [0, 0.1) is 0 Å². The van der Waals surface area contributed by atoms with Gasteiger partial charge in [0.05, 0.1) is 11.1 Å². The topological polar surface area (TPSA) is 9.72 Å². The second-order valence-electron chi connectivity index (χ2n) is 28.1. The third-order valence-electron chi connectivity index (χ3n) is 18.6. The highest BCUT2D eigenvalue weighted by atomic mass is 32.2. The van der Waals surface area contributed by atoms with Gasteiger partial charge in [0, 0.05) is 50.5 Å². The van der Waals surface area contributed by atoms with Crippen LogP contribution in [0.2, 0.25) is 0 Å². The van der Waals surface area contributed by atoms with E-state index in [2.05, 4.69) is 317 Å². The summed E-state index contributed by atoms with van der Waals surface area (Å²) in [7, 11) is 0. The quantitative estimate of drug-likeness (QED) is 0.147. The van der Waals surface area contributed by atoms with Gasteiger partial charge in [0.1, 0.15) is 0 Å². The molecular formula is C76H78BN3S. The molecule has 2 atom stereocenters. The van der Waals surface area contributed by atoms with Crippen molar-refractivity contribution in [1.29, 1.82) is 0 Å². The van der Waals surface area contributed by atoms with Gasteiger partial charge in [-0.2, -0.15) is 0 Å². The van der Waals surface area contributed by atoms with Gasteiger partial charge >= 0.3 is 0 Å². The SMILES string of the molecule is CC(C)(C)c1ccc(N2c3cc4c(cc3B3c5c2cc(N(c2ccc(-c6ccccc6)cc2)c2ccc(-c6ccccc6)cc2)cc5N(c2ccc(C(C)(C)C)cc2)C2Sc5ccc(C(C)(C)C)cc5C32)C(C)(C)CCC4(C)C)cc1. The van der Waals surface area contributed by atoms with E-state index >= 15 is 0 Å². The van der Waals surface area contributed by atoms with Crippen molar-refractivity contribution in [2.75, 3.05) is 14.7 Å². The minimum Gasteiger partial charge on any atom is -0.329 e. The summed E-state index contributed by atoms with van der Waals surface area (Å²) < 4.78 is 0. The van der Waals surface area contributed by atoms with Crippen molar-refractivity contribution >= 4 is 74.9 Å². The molecule has 81 heavy (non-hydrogen) atoms. The Hall–Kier alpha value is -7.21. The molecular weight excluding hydrogens is 998 g/mol. The van der Waals surface area contributed by atoms with E-state index in [0.29, 0.717) is 0 Å². The number of anilines is 8. The van der Waals surface area contributed by atoms with Crippen molar-refractivity contribution in [3.63, 3.8) is 0 Å². The van der Waals surface area contributed by atoms with Crippen LogP contribution < -0.4 is 25.6 Å². The molecule has 0 bridgehead atoms. The molecule has 0 aromatic heterocycles. The standard InChI is InChI=1S/C76H78BN3S/c1-72(2,3)53-28-37-58(38-29-53)79-65-48-63-62(75(10,11)42-43-76(63,12)13)47-64(65)77-69-61-44-55(74(7,8)9)32-41-68(61)81-71(69)80(59-39-30-54(31-40-59)73(4,5)6)67-46-60(45-66(79)70(67)77)78(56-33-24-51(25-34-56)49-20-16-14-17-21-49)57-35-26-52(27-36-57)50-22-18-15-19-23-50/h14-41,44-48,69,71H,42-43H2,1-13H3. The molecule has 5 heteroatoms. The smallest absolute Gasteiger partial charge is 0.228 e. The number of benzene rings is 9. The first-order valence-electron chi connectivity index (χ1n) is 29.6. The first-order chi connectivity index (χ1) is 38.5. The van der Waals surface area contributed by atoms with Gasteiger partial charge in [0.25, 0.3) is 0 Å². The third kappa shape index (κ3) is 9.23. The average molecular weight is 1080 g/mol. The number of hydrogen-bond acceptors (Lipinski definition) is 4. The monoisotopic (exact) mass is 1080 g/mol. The van der Waals surface area contributed by atoms with E-state index in [1.54, 1.807) is 0 Å². The Labute approximate surface area is 488 Å². The predicted molar refractivity (Wildman–Crippen MR) is 350 cm³/mol.